The number of carbonyl (C=O) groups is 2. The molecule has 1 unspecified atom stereocenters. The van der Waals surface area contributed by atoms with Crippen LogP contribution in [0.25, 0.3) is 0 Å². The van der Waals surface area contributed by atoms with Gasteiger partial charge < -0.3 is 26.6 Å². The van der Waals surface area contributed by atoms with Gasteiger partial charge in [-0.05, 0) is 83.3 Å². The number of nitrogens with zero attached hydrogens (tertiary/aromatic N) is 1. The summed E-state index contributed by atoms with van der Waals surface area (Å²) in [5.41, 5.74) is 3.91. The predicted molar refractivity (Wildman–Crippen MR) is 177 cm³/mol. The topological polar surface area (TPSA) is 132 Å². The van der Waals surface area contributed by atoms with Crippen LogP contribution in [0.1, 0.15) is 56.6 Å². The number of hydrogen-bond acceptors (Lipinski definition) is 5. The van der Waals surface area contributed by atoms with Crippen LogP contribution in [0, 0.1) is 45.0 Å². The van der Waals surface area contributed by atoms with Crippen molar-refractivity contribution in [2.45, 2.75) is 71.4 Å². The molecule has 2 saturated heterocycles. The molecule has 2 fully saturated rings. The Bertz CT molecular complexity index is 1210. The van der Waals surface area contributed by atoms with Crippen LogP contribution < -0.4 is 26.6 Å². The van der Waals surface area contributed by atoms with Crippen molar-refractivity contribution in [3.8, 4) is 0 Å². The van der Waals surface area contributed by atoms with E-state index in [1.807, 2.05) is 69.3 Å². The van der Waals surface area contributed by atoms with Crippen LogP contribution in [0.15, 0.2) is 48.5 Å². The zero-order chi connectivity index (χ0) is 31.7. The first-order valence-electron chi connectivity index (χ1n) is 15.2. The third-order valence-electron chi connectivity index (χ3n) is 7.23. The van der Waals surface area contributed by atoms with Gasteiger partial charge >= 0.3 is 12.1 Å². The van der Waals surface area contributed by atoms with E-state index >= 15 is 0 Å². The first-order chi connectivity index (χ1) is 20.6. The minimum atomic E-state index is -3.15. The molecule has 2 aliphatic heterocycles. The van der Waals surface area contributed by atoms with Gasteiger partial charge in [0.2, 0.25) is 10.0 Å². The maximum absolute atomic E-state index is 12.2. The average Bonchev–Trinajstić information content (AvgIpc) is 3.00. The Labute approximate surface area is 286 Å². The normalized spacial score (nSPS) is 16.0. The number of aryl methyl sites for hydroxylation is 2. The number of benzene rings is 2. The van der Waals surface area contributed by atoms with Crippen molar-refractivity contribution in [2.24, 2.45) is 0 Å². The van der Waals surface area contributed by atoms with Crippen LogP contribution in [0.5, 0.6) is 0 Å². The van der Waals surface area contributed by atoms with Crippen molar-refractivity contribution < 1.29 is 49.1 Å². The fraction of sp³-hybridized carbons (Fsp3) is 0.533. The SMILES string of the molecule is CCCCS(=O)(=O)N1CCC(NC(=O)Nc2ccc(C)cc2)CC1.Cc1ccc(NC(=O)NC2CCNCC2)cc1.[3H]P.[U]. The van der Waals surface area contributed by atoms with Gasteiger partial charge in [0.05, 0.1) is 7.03 Å². The van der Waals surface area contributed by atoms with E-state index in [1.54, 1.807) is 14.1 Å². The van der Waals surface area contributed by atoms with Crippen molar-refractivity contribution in [1.82, 2.24) is 20.3 Å². The van der Waals surface area contributed by atoms with Crippen LogP contribution in [-0.2, 0) is 10.0 Å². The minimum Gasteiger partial charge on any atom is -0.335 e. The number of amides is 4. The summed E-state index contributed by atoms with van der Waals surface area (Å²) < 4.78 is 31.6. The molecule has 4 rings (SSSR count). The summed E-state index contributed by atoms with van der Waals surface area (Å²) >= 11 is 0. The third-order valence-corrected chi connectivity index (χ3v) is 9.19. The second-order valence-electron chi connectivity index (χ2n) is 10.8. The van der Waals surface area contributed by atoms with Gasteiger partial charge in [0, 0.05) is 67.7 Å². The first kappa shape index (κ1) is 37.5. The van der Waals surface area contributed by atoms with Crippen molar-refractivity contribution >= 4 is 43.3 Å². The van der Waals surface area contributed by atoms with Crippen molar-refractivity contribution in [3.05, 3.63) is 59.7 Å². The molecular formula is C30H49N6O4PSU. The van der Waals surface area contributed by atoms with Gasteiger partial charge in [-0.1, -0.05) is 48.7 Å². The first-order valence-corrected chi connectivity index (χ1v) is 16.2. The van der Waals surface area contributed by atoms with E-state index in [9.17, 15) is 18.0 Å². The Morgan fingerprint density at radius 1 is 0.837 bits per heavy atom. The van der Waals surface area contributed by atoms with E-state index in [0.717, 1.165) is 49.3 Å². The van der Waals surface area contributed by atoms with Crippen LogP contribution in [0.4, 0.5) is 21.0 Å². The Morgan fingerprint density at radius 2 is 1.26 bits per heavy atom. The quantitative estimate of drug-likeness (QED) is 0.247. The number of unbranched alkanes of at least 4 members (excludes halogenated alkanes) is 1. The number of rotatable bonds is 8. The van der Waals surface area contributed by atoms with Gasteiger partial charge in [-0.3, -0.25) is 0 Å². The third kappa shape index (κ3) is 14.8. The van der Waals surface area contributed by atoms with Crippen LogP contribution in [0.2, 0.25) is 0 Å². The maximum Gasteiger partial charge on any atom is 0.319 e. The zero-order valence-corrected chi connectivity index (χ0v) is 31.8. The summed E-state index contributed by atoms with van der Waals surface area (Å²) in [6, 6.07) is 15.3. The van der Waals surface area contributed by atoms with E-state index < -0.39 is 10.0 Å². The zero-order valence-electron chi connectivity index (χ0n) is 26.6. The molecule has 0 aliphatic carbocycles. The summed E-state index contributed by atoms with van der Waals surface area (Å²) in [6.45, 7) is 8.91. The molecule has 0 radical (unpaired) electrons. The maximum atomic E-state index is 12.2. The van der Waals surface area contributed by atoms with E-state index in [-0.39, 0.29) is 55.0 Å². The molecule has 2 aliphatic rings. The molecule has 4 amide bonds. The Morgan fingerprint density at radius 3 is 1.67 bits per heavy atom. The van der Waals surface area contributed by atoms with Gasteiger partial charge in [0.1, 0.15) is 0 Å². The molecule has 2 aromatic carbocycles. The molecule has 1 atom stereocenters. The summed E-state index contributed by atoms with van der Waals surface area (Å²) in [6.07, 6.45) is 4.86. The van der Waals surface area contributed by atoms with E-state index in [2.05, 4.69) is 26.6 Å². The Kier molecular flexibility index (Phi) is 17.8. The van der Waals surface area contributed by atoms with E-state index in [4.69, 9.17) is 1.28 Å². The number of hydrogen-bond donors (Lipinski definition) is 5. The van der Waals surface area contributed by atoms with Crippen molar-refractivity contribution in [1.29, 1.82) is 1.28 Å². The van der Waals surface area contributed by atoms with Crippen molar-refractivity contribution in [3.63, 3.8) is 0 Å². The smallest absolute Gasteiger partial charge is 0.319 e. The Balaban J connectivity index is 0.000000427. The molecule has 5 N–H and O–H groups in total. The van der Waals surface area contributed by atoms with Crippen molar-refractivity contribution in [2.75, 3.05) is 42.6 Å². The second-order valence-corrected chi connectivity index (χ2v) is 12.9. The second kappa shape index (κ2) is 20.4. The Hall–Kier alpha value is -1.67. The molecule has 10 nitrogen and oxygen atoms in total. The number of carbonyl (C=O) groups excluding carboxylic acids is 2. The molecule has 0 aromatic heterocycles. The number of urea groups is 2. The molecule has 238 valence electrons. The van der Waals surface area contributed by atoms with Crippen LogP contribution in [-0.4, -0.2) is 70.1 Å². The number of piperidine rings is 2. The van der Waals surface area contributed by atoms with Gasteiger partial charge in [0.25, 0.3) is 0 Å². The molecule has 0 bridgehead atoms. The molecule has 2 heterocycles. The fourth-order valence-electron chi connectivity index (χ4n) is 4.68. The molecular weight excluding hydrogens is 809 g/mol. The standard InChI is InChI=1S/C17H27N3O3S.C13H19N3O.H3P.U/c1-3-4-13-24(22,23)20-11-9-16(10-12-20)19-17(21)18-15-7-5-14(2)6-8-15;1-10-2-4-11(5-3-10)15-13(17)16-12-6-8-14-9-7-12;;/h5-8,16H,3-4,9-13H2,1-2H3,(H2,18,19,21);2-5,12,14H,6-9H2,1H3,(H2,15,16,17);1H3;/i;;1T;. The summed E-state index contributed by atoms with van der Waals surface area (Å²) in [5, 5.41) is 14.8. The van der Waals surface area contributed by atoms with Gasteiger partial charge in [0.15, 0.2) is 0 Å². The van der Waals surface area contributed by atoms with Gasteiger partial charge in [-0.2, -0.15) is 9.84 Å². The minimum absolute atomic E-state index is 0. The molecule has 0 spiro atoms. The van der Waals surface area contributed by atoms with Crippen LogP contribution >= 0.6 is 9.84 Å². The van der Waals surface area contributed by atoms with E-state index in [1.165, 1.54) is 5.56 Å². The fourth-order valence-corrected chi connectivity index (χ4v) is 6.36. The molecule has 13 heteroatoms. The van der Waals surface area contributed by atoms with Gasteiger partial charge in [-0.25, -0.2) is 22.3 Å². The monoisotopic (exact) mass is 860 g/mol. The number of nitrogens with one attached hydrogen (secondary N) is 5. The molecule has 2 aromatic rings. The average molecular weight is 861 g/mol. The van der Waals surface area contributed by atoms with Gasteiger partial charge in [-0.15, -0.1) is 0 Å². The molecule has 0 saturated carbocycles. The molecule has 43 heavy (non-hydrogen) atoms. The number of sulfonamides is 1. The summed E-state index contributed by atoms with van der Waals surface area (Å²) in [4.78, 5) is 23.8. The summed E-state index contributed by atoms with van der Waals surface area (Å²) in [7, 11) is -1.48. The van der Waals surface area contributed by atoms with E-state index in [0.29, 0.717) is 38.4 Å². The largest absolute Gasteiger partial charge is 0.335 e. The predicted octanol–water partition coefficient (Wildman–Crippen LogP) is 4.64. The number of anilines is 2. The van der Waals surface area contributed by atoms with Crippen LogP contribution in [0.3, 0.4) is 0 Å². The summed E-state index contributed by atoms with van der Waals surface area (Å²) in [5.74, 6) is 0.218.